The number of likely N-dealkylation sites (tertiary alicyclic amines) is 1. The first kappa shape index (κ1) is 19.2. The lowest BCUT2D eigenvalue weighted by Crippen LogP contribution is -2.45. The Bertz CT molecular complexity index is 955. The van der Waals surface area contributed by atoms with Crippen molar-refractivity contribution in [2.45, 2.75) is 19.4 Å². The third-order valence-electron chi connectivity index (χ3n) is 4.84. The largest absolute Gasteiger partial charge is 0.467 e. The second-order valence-corrected chi connectivity index (χ2v) is 7.77. The maximum atomic E-state index is 12.9. The predicted molar refractivity (Wildman–Crippen MR) is 111 cm³/mol. The quantitative estimate of drug-likeness (QED) is 0.648. The second-order valence-electron chi connectivity index (χ2n) is 6.92. The Balaban J connectivity index is 1.34. The highest BCUT2D eigenvalue weighted by Gasteiger charge is 2.29. The van der Waals surface area contributed by atoms with Crippen molar-refractivity contribution in [2.24, 2.45) is 5.92 Å². The highest BCUT2D eigenvalue weighted by molar-refractivity contribution is 7.14. The van der Waals surface area contributed by atoms with Gasteiger partial charge in [-0.1, -0.05) is 18.2 Å². The van der Waals surface area contributed by atoms with Gasteiger partial charge in [0.2, 0.25) is 5.91 Å². The molecule has 1 unspecified atom stereocenters. The lowest BCUT2D eigenvalue weighted by molar-refractivity contribution is -0.126. The van der Waals surface area contributed by atoms with Gasteiger partial charge in [-0.25, -0.2) is 4.98 Å². The van der Waals surface area contributed by atoms with Gasteiger partial charge < -0.3 is 20.0 Å². The fourth-order valence-electron chi connectivity index (χ4n) is 3.34. The molecule has 29 heavy (non-hydrogen) atoms. The van der Waals surface area contributed by atoms with E-state index in [9.17, 15) is 9.59 Å². The van der Waals surface area contributed by atoms with Crippen molar-refractivity contribution in [3.8, 4) is 0 Å². The minimum atomic E-state index is -0.219. The molecule has 150 valence electrons. The average molecular weight is 410 g/mol. The summed E-state index contributed by atoms with van der Waals surface area (Å²) in [4.78, 5) is 31.5. The summed E-state index contributed by atoms with van der Waals surface area (Å²) >= 11 is 1.39. The number of nitrogens with zero attached hydrogens (tertiary/aromatic N) is 2. The molecule has 0 bridgehead atoms. The molecule has 1 aliphatic rings. The number of anilines is 2. The van der Waals surface area contributed by atoms with Crippen LogP contribution in [0, 0.1) is 5.92 Å². The maximum absolute atomic E-state index is 12.9. The Morgan fingerprint density at radius 1 is 1.21 bits per heavy atom. The number of aromatic nitrogens is 1. The summed E-state index contributed by atoms with van der Waals surface area (Å²) in [5, 5.41) is 8.52. The number of hydrogen-bond donors (Lipinski definition) is 2. The molecule has 2 N–H and O–H groups in total. The molecule has 7 nitrogen and oxygen atoms in total. The summed E-state index contributed by atoms with van der Waals surface area (Å²) in [6, 6.07) is 13.3. The molecule has 1 fully saturated rings. The van der Waals surface area contributed by atoms with Gasteiger partial charge >= 0.3 is 0 Å². The van der Waals surface area contributed by atoms with E-state index >= 15 is 0 Å². The van der Waals surface area contributed by atoms with Crippen molar-refractivity contribution in [3.63, 3.8) is 0 Å². The van der Waals surface area contributed by atoms with E-state index in [-0.39, 0.29) is 17.7 Å². The lowest BCUT2D eigenvalue weighted by atomic mass is 9.97. The maximum Gasteiger partial charge on any atom is 0.273 e. The van der Waals surface area contributed by atoms with E-state index < -0.39 is 0 Å². The second kappa shape index (κ2) is 8.91. The Morgan fingerprint density at radius 2 is 2.07 bits per heavy atom. The van der Waals surface area contributed by atoms with Crippen molar-refractivity contribution in [1.82, 2.24) is 15.2 Å². The van der Waals surface area contributed by atoms with Crippen LogP contribution in [0.15, 0.2) is 58.5 Å². The molecule has 1 saturated heterocycles. The van der Waals surface area contributed by atoms with Gasteiger partial charge in [0.25, 0.3) is 5.91 Å². The Kier molecular flexibility index (Phi) is 5.90. The third kappa shape index (κ3) is 4.83. The zero-order chi connectivity index (χ0) is 20.1. The van der Waals surface area contributed by atoms with E-state index in [1.54, 1.807) is 22.6 Å². The number of benzene rings is 1. The van der Waals surface area contributed by atoms with Crippen LogP contribution in [0.2, 0.25) is 0 Å². The molecule has 0 radical (unpaired) electrons. The Labute approximate surface area is 172 Å². The molecular formula is C21H22N4O3S. The number of nitrogens with one attached hydrogen (secondary N) is 2. The Hall–Kier alpha value is -3.13. The number of amides is 2. The van der Waals surface area contributed by atoms with Crippen LogP contribution < -0.4 is 10.6 Å². The van der Waals surface area contributed by atoms with E-state index in [1.807, 2.05) is 36.4 Å². The van der Waals surface area contributed by atoms with Crippen molar-refractivity contribution in [3.05, 3.63) is 65.6 Å². The molecule has 1 aliphatic heterocycles. The third-order valence-corrected chi connectivity index (χ3v) is 5.60. The number of rotatable bonds is 6. The molecule has 4 rings (SSSR count). The number of para-hydroxylation sites is 1. The molecule has 2 aromatic heterocycles. The van der Waals surface area contributed by atoms with Gasteiger partial charge in [-0.2, -0.15) is 0 Å². The van der Waals surface area contributed by atoms with Gasteiger partial charge in [0.05, 0.1) is 18.7 Å². The zero-order valence-corrected chi connectivity index (χ0v) is 16.7. The van der Waals surface area contributed by atoms with E-state index in [1.165, 1.54) is 11.3 Å². The fourth-order valence-corrected chi connectivity index (χ4v) is 4.05. The topological polar surface area (TPSA) is 87.5 Å². The average Bonchev–Trinajstić information content (AvgIpc) is 3.44. The summed E-state index contributed by atoms with van der Waals surface area (Å²) in [6.07, 6.45) is 3.15. The summed E-state index contributed by atoms with van der Waals surface area (Å²) in [6.45, 7) is 1.40. The molecule has 3 aromatic rings. The smallest absolute Gasteiger partial charge is 0.273 e. The van der Waals surface area contributed by atoms with Gasteiger partial charge in [-0.3, -0.25) is 9.59 Å². The van der Waals surface area contributed by atoms with Crippen LogP contribution in [0.25, 0.3) is 0 Å². The highest BCUT2D eigenvalue weighted by atomic mass is 32.1. The van der Waals surface area contributed by atoms with Crippen LogP contribution in [0.5, 0.6) is 0 Å². The number of hydrogen-bond acceptors (Lipinski definition) is 6. The monoisotopic (exact) mass is 410 g/mol. The first-order chi connectivity index (χ1) is 14.2. The first-order valence-corrected chi connectivity index (χ1v) is 10.4. The summed E-state index contributed by atoms with van der Waals surface area (Å²) in [5.74, 6) is 0.306. The van der Waals surface area contributed by atoms with Crippen molar-refractivity contribution in [2.75, 3.05) is 18.4 Å². The SMILES string of the molecule is O=C(NCc1ccco1)C1CCCN(C(=O)c2csc(Nc3ccccc3)n2)C1. The molecule has 0 aliphatic carbocycles. The molecule has 8 heteroatoms. The van der Waals surface area contributed by atoms with Gasteiger partial charge in [-0.05, 0) is 37.1 Å². The number of carbonyl (C=O) groups excluding carboxylic acids is 2. The molecular weight excluding hydrogens is 388 g/mol. The van der Waals surface area contributed by atoms with Gasteiger partial charge in [0.1, 0.15) is 11.5 Å². The highest BCUT2D eigenvalue weighted by Crippen LogP contribution is 2.24. The van der Waals surface area contributed by atoms with E-state index in [4.69, 9.17) is 4.42 Å². The number of piperidine rings is 1. The minimum absolute atomic E-state index is 0.0522. The van der Waals surface area contributed by atoms with Crippen LogP contribution >= 0.6 is 11.3 Å². The fraction of sp³-hybridized carbons (Fsp3) is 0.286. The predicted octanol–water partition coefficient (Wildman–Crippen LogP) is 3.65. The van der Waals surface area contributed by atoms with Crippen LogP contribution in [-0.2, 0) is 11.3 Å². The van der Waals surface area contributed by atoms with Crippen molar-refractivity contribution < 1.29 is 14.0 Å². The van der Waals surface area contributed by atoms with Gasteiger partial charge in [-0.15, -0.1) is 11.3 Å². The first-order valence-electron chi connectivity index (χ1n) is 9.56. The van der Waals surface area contributed by atoms with E-state index in [0.717, 1.165) is 18.5 Å². The molecule has 2 amide bonds. The number of furan rings is 1. The summed E-state index contributed by atoms with van der Waals surface area (Å²) < 4.78 is 5.24. The zero-order valence-electron chi connectivity index (χ0n) is 15.8. The summed E-state index contributed by atoms with van der Waals surface area (Å²) in [5.41, 5.74) is 1.33. The van der Waals surface area contributed by atoms with Crippen LogP contribution in [-0.4, -0.2) is 34.8 Å². The lowest BCUT2D eigenvalue weighted by Gasteiger charge is -2.31. The Morgan fingerprint density at radius 3 is 2.86 bits per heavy atom. The van der Waals surface area contributed by atoms with Gasteiger partial charge in [0.15, 0.2) is 5.13 Å². The summed E-state index contributed by atoms with van der Waals surface area (Å²) in [7, 11) is 0. The van der Waals surface area contributed by atoms with Crippen LogP contribution in [0.3, 0.4) is 0 Å². The van der Waals surface area contributed by atoms with Crippen LogP contribution in [0.4, 0.5) is 10.8 Å². The van der Waals surface area contributed by atoms with Gasteiger partial charge in [0, 0.05) is 24.2 Å². The standard InChI is InChI=1S/C21H22N4O3S/c26-19(22-12-17-9-5-11-28-17)15-6-4-10-25(13-15)20(27)18-14-29-21(24-18)23-16-7-2-1-3-8-16/h1-3,5,7-9,11,14-15H,4,6,10,12-13H2,(H,22,26)(H,23,24). The van der Waals surface area contributed by atoms with Crippen molar-refractivity contribution >= 4 is 34.0 Å². The normalized spacial score (nSPS) is 16.4. The minimum Gasteiger partial charge on any atom is -0.467 e. The number of thiazole rings is 1. The van der Waals surface area contributed by atoms with Crippen LogP contribution in [0.1, 0.15) is 29.1 Å². The van der Waals surface area contributed by atoms with E-state index in [0.29, 0.717) is 36.2 Å². The molecule has 3 heterocycles. The van der Waals surface area contributed by atoms with Crippen molar-refractivity contribution in [1.29, 1.82) is 0 Å². The molecule has 1 aromatic carbocycles. The number of carbonyl (C=O) groups is 2. The molecule has 0 spiro atoms. The molecule has 1 atom stereocenters. The van der Waals surface area contributed by atoms with E-state index in [2.05, 4.69) is 15.6 Å². The molecule has 0 saturated carbocycles.